The van der Waals surface area contributed by atoms with Crippen molar-refractivity contribution in [3.8, 4) is 0 Å². The van der Waals surface area contributed by atoms with Gasteiger partial charge in [0, 0.05) is 23.8 Å². The van der Waals surface area contributed by atoms with E-state index in [0.29, 0.717) is 4.47 Å². The number of hydrogen-bond acceptors (Lipinski definition) is 4. The lowest BCUT2D eigenvalue weighted by molar-refractivity contribution is -0.137. The summed E-state index contributed by atoms with van der Waals surface area (Å²) in [6.07, 6.45) is -4.31. The van der Waals surface area contributed by atoms with Crippen molar-refractivity contribution in [1.29, 1.82) is 0 Å². The number of aromatic nitrogens is 1. The van der Waals surface area contributed by atoms with Crippen LogP contribution in [0.15, 0.2) is 21.6 Å². The molecule has 1 atom stereocenters. The van der Waals surface area contributed by atoms with Gasteiger partial charge >= 0.3 is 6.18 Å². The van der Waals surface area contributed by atoms with Crippen LogP contribution in [-0.4, -0.2) is 32.7 Å². The Kier molecular flexibility index (Phi) is 5.39. The standard InChI is InChI=1S/C10H13BrF3N3O2S/c1-6(4-10(12,13)14)17-20(18,19)8-3-7(11)5-16-9(8)15-2/h3,5-6,17H,4H2,1-2H3,(H,15,16). The number of rotatable bonds is 5. The van der Waals surface area contributed by atoms with Gasteiger partial charge in [-0.15, -0.1) is 0 Å². The van der Waals surface area contributed by atoms with Crippen molar-refractivity contribution in [1.82, 2.24) is 9.71 Å². The molecule has 2 N–H and O–H groups in total. The molecule has 1 rings (SSSR count). The van der Waals surface area contributed by atoms with E-state index >= 15 is 0 Å². The van der Waals surface area contributed by atoms with E-state index in [0.717, 1.165) is 6.92 Å². The van der Waals surface area contributed by atoms with Crippen LogP contribution in [0.2, 0.25) is 0 Å². The highest BCUT2D eigenvalue weighted by Crippen LogP contribution is 2.25. The molecule has 10 heteroatoms. The molecular weight excluding hydrogens is 363 g/mol. The zero-order chi connectivity index (χ0) is 15.6. The molecule has 20 heavy (non-hydrogen) atoms. The van der Waals surface area contributed by atoms with Gasteiger partial charge in [0.1, 0.15) is 10.7 Å². The summed E-state index contributed by atoms with van der Waals surface area (Å²) < 4.78 is 63.2. The normalized spacial score (nSPS) is 14.1. The second kappa shape index (κ2) is 6.27. The van der Waals surface area contributed by atoms with E-state index in [-0.39, 0.29) is 10.7 Å². The van der Waals surface area contributed by atoms with E-state index in [1.54, 1.807) is 0 Å². The van der Waals surface area contributed by atoms with Crippen molar-refractivity contribution < 1.29 is 21.6 Å². The first kappa shape index (κ1) is 17.2. The lowest BCUT2D eigenvalue weighted by Gasteiger charge is -2.17. The number of nitrogens with one attached hydrogen (secondary N) is 2. The topological polar surface area (TPSA) is 71.1 Å². The van der Waals surface area contributed by atoms with Gasteiger partial charge in [0.15, 0.2) is 0 Å². The van der Waals surface area contributed by atoms with Crippen molar-refractivity contribution >= 4 is 31.8 Å². The van der Waals surface area contributed by atoms with E-state index in [9.17, 15) is 21.6 Å². The lowest BCUT2D eigenvalue weighted by Crippen LogP contribution is -2.36. The van der Waals surface area contributed by atoms with E-state index in [1.165, 1.54) is 19.3 Å². The molecule has 0 amide bonds. The Morgan fingerprint density at radius 2 is 2.05 bits per heavy atom. The van der Waals surface area contributed by atoms with Crippen LogP contribution >= 0.6 is 15.9 Å². The highest BCUT2D eigenvalue weighted by Gasteiger charge is 2.32. The number of alkyl halides is 3. The largest absolute Gasteiger partial charge is 0.390 e. The summed E-state index contributed by atoms with van der Waals surface area (Å²) in [7, 11) is -2.64. The smallest absolute Gasteiger partial charge is 0.372 e. The minimum Gasteiger partial charge on any atom is -0.372 e. The summed E-state index contributed by atoms with van der Waals surface area (Å²) in [6, 6.07) is -0.00901. The molecule has 0 bridgehead atoms. The molecule has 114 valence electrons. The van der Waals surface area contributed by atoms with Gasteiger partial charge in [-0.1, -0.05) is 0 Å². The van der Waals surface area contributed by atoms with Crippen LogP contribution in [0.25, 0.3) is 0 Å². The first-order valence-electron chi connectivity index (χ1n) is 5.47. The van der Waals surface area contributed by atoms with E-state index < -0.39 is 28.7 Å². The van der Waals surface area contributed by atoms with Crippen LogP contribution in [0.3, 0.4) is 0 Å². The Bertz CT molecular complexity index is 578. The summed E-state index contributed by atoms with van der Waals surface area (Å²) in [4.78, 5) is 3.63. The summed E-state index contributed by atoms with van der Waals surface area (Å²) in [5.41, 5.74) is 0. The third-order valence-electron chi connectivity index (χ3n) is 2.24. The number of anilines is 1. The van der Waals surface area contributed by atoms with Crippen LogP contribution in [-0.2, 0) is 10.0 Å². The molecule has 0 aromatic carbocycles. The number of hydrogen-bond donors (Lipinski definition) is 2. The van der Waals surface area contributed by atoms with E-state index in [2.05, 4.69) is 26.2 Å². The molecule has 0 spiro atoms. The van der Waals surface area contributed by atoms with Gasteiger partial charge in [0.25, 0.3) is 0 Å². The van der Waals surface area contributed by atoms with E-state index in [4.69, 9.17) is 0 Å². The van der Waals surface area contributed by atoms with Gasteiger partial charge in [-0.3, -0.25) is 0 Å². The van der Waals surface area contributed by atoms with Crippen LogP contribution in [0, 0.1) is 0 Å². The Labute approximate surface area is 123 Å². The van der Waals surface area contributed by atoms with Crippen molar-refractivity contribution in [2.24, 2.45) is 0 Å². The number of sulfonamides is 1. The molecule has 1 unspecified atom stereocenters. The predicted molar refractivity (Wildman–Crippen MR) is 71.9 cm³/mol. The Morgan fingerprint density at radius 3 is 2.55 bits per heavy atom. The molecule has 1 heterocycles. The number of nitrogens with zero attached hydrogens (tertiary/aromatic N) is 1. The lowest BCUT2D eigenvalue weighted by atomic mass is 10.2. The first-order chi connectivity index (χ1) is 9.05. The van der Waals surface area contributed by atoms with Crippen LogP contribution < -0.4 is 10.0 Å². The van der Waals surface area contributed by atoms with Gasteiger partial charge < -0.3 is 5.32 Å². The minimum atomic E-state index is -4.44. The third kappa shape index (κ3) is 4.91. The maximum absolute atomic E-state index is 12.2. The quantitative estimate of drug-likeness (QED) is 0.829. The van der Waals surface area contributed by atoms with Gasteiger partial charge in [-0.25, -0.2) is 18.1 Å². The molecule has 0 aliphatic heterocycles. The van der Waals surface area contributed by atoms with Gasteiger partial charge in [0.2, 0.25) is 10.0 Å². The van der Waals surface area contributed by atoms with Crippen molar-refractivity contribution in [2.45, 2.75) is 30.5 Å². The third-order valence-corrected chi connectivity index (χ3v) is 4.28. The molecule has 0 saturated heterocycles. The molecule has 0 saturated carbocycles. The maximum Gasteiger partial charge on any atom is 0.390 e. The molecule has 0 aliphatic carbocycles. The van der Waals surface area contributed by atoms with Crippen molar-refractivity contribution in [3.05, 3.63) is 16.7 Å². The summed E-state index contributed by atoms with van der Waals surface area (Å²) in [6.45, 7) is 1.15. The molecule has 5 nitrogen and oxygen atoms in total. The SMILES string of the molecule is CNc1ncc(Br)cc1S(=O)(=O)NC(C)CC(F)(F)F. The van der Waals surface area contributed by atoms with Crippen molar-refractivity contribution in [3.63, 3.8) is 0 Å². The number of halogens is 4. The fraction of sp³-hybridized carbons (Fsp3) is 0.500. The zero-order valence-corrected chi connectivity index (χ0v) is 13.0. The van der Waals surface area contributed by atoms with Gasteiger partial charge in [0.05, 0.1) is 6.42 Å². The second-order valence-corrected chi connectivity index (χ2v) is 6.69. The fourth-order valence-corrected chi connectivity index (χ4v) is 3.44. The molecule has 1 aromatic heterocycles. The molecule has 1 aromatic rings. The summed E-state index contributed by atoms with van der Waals surface area (Å²) >= 11 is 3.07. The monoisotopic (exact) mass is 375 g/mol. The van der Waals surface area contributed by atoms with Crippen molar-refractivity contribution in [2.75, 3.05) is 12.4 Å². The maximum atomic E-state index is 12.2. The average molecular weight is 376 g/mol. The zero-order valence-electron chi connectivity index (χ0n) is 10.6. The Balaban J connectivity index is 3.03. The van der Waals surface area contributed by atoms with Crippen LogP contribution in [0.4, 0.5) is 19.0 Å². The minimum absolute atomic E-state index is 0.0555. The first-order valence-corrected chi connectivity index (χ1v) is 7.75. The highest BCUT2D eigenvalue weighted by molar-refractivity contribution is 9.10. The predicted octanol–water partition coefficient (Wildman–Crippen LogP) is 2.51. The Morgan fingerprint density at radius 1 is 1.45 bits per heavy atom. The summed E-state index contributed by atoms with van der Waals surface area (Å²) in [5.74, 6) is 0.0555. The van der Waals surface area contributed by atoms with Crippen LogP contribution in [0.1, 0.15) is 13.3 Å². The molecular formula is C10H13BrF3N3O2S. The van der Waals surface area contributed by atoms with Crippen LogP contribution in [0.5, 0.6) is 0 Å². The Hall–Kier alpha value is -0.870. The van der Waals surface area contributed by atoms with Gasteiger partial charge in [-0.2, -0.15) is 13.2 Å². The van der Waals surface area contributed by atoms with E-state index in [1.807, 2.05) is 4.72 Å². The second-order valence-electron chi connectivity index (χ2n) is 4.09. The fourth-order valence-electron chi connectivity index (χ4n) is 1.53. The summed E-state index contributed by atoms with van der Waals surface area (Å²) in [5, 5.41) is 2.58. The molecule has 0 radical (unpaired) electrons. The number of pyridine rings is 1. The average Bonchev–Trinajstić information content (AvgIpc) is 2.25. The van der Waals surface area contributed by atoms with Gasteiger partial charge in [-0.05, 0) is 28.9 Å². The molecule has 0 aliphatic rings. The highest BCUT2D eigenvalue weighted by atomic mass is 79.9. The molecule has 0 fully saturated rings.